The molecule has 0 fully saturated rings. The van der Waals surface area contributed by atoms with Crippen LogP contribution in [0.3, 0.4) is 0 Å². The molecule has 0 saturated carbocycles. The van der Waals surface area contributed by atoms with Gasteiger partial charge < -0.3 is 5.73 Å². The number of rotatable bonds is 5. The number of nitro benzene ring substituents is 1. The van der Waals surface area contributed by atoms with Crippen LogP contribution in [0, 0.1) is 10.1 Å². The maximum absolute atomic E-state index is 10.9. The largest absolute Gasteiger partial charge is 0.327 e. The molecule has 1 unspecified atom stereocenters. The number of nitrogens with two attached hydrogens (primary N) is 1. The molecule has 0 aliphatic heterocycles. The summed E-state index contributed by atoms with van der Waals surface area (Å²) in [4.78, 5) is 14.9. The Balaban J connectivity index is 2.28. The van der Waals surface area contributed by atoms with Crippen molar-refractivity contribution >= 4 is 28.6 Å². The molecular weight excluding hydrogens is 298 g/mol. The van der Waals surface area contributed by atoms with Crippen molar-refractivity contribution in [3.8, 4) is 11.3 Å². The summed E-state index contributed by atoms with van der Waals surface area (Å²) in [5.74, 6) is 0. The van der Waals surface area contributed by atoms with Crippen molar-refractivity contribution in [1.29, 1.82) is 0 Å². The molecule has 7 heteroatoms. The van der Waals surface area contributed by atoms with Gasteiger partial charge in [-0.1, -0.05) is 24.6 Å². The summed E-state index contributed by atoms with van der Waals surface area (Å²) in [6.07, 6.45) is 1.61. The second-order valence-electron chi connectivity index (χ2n) is 4.42. The summed E-state index contributed by atoms with van der Waals surface area (Å²) in [6, 6.07) is 4.79. The molecule has 0 bridgehead atoms. The van der Waals surface area contributed by atoms with E-state index in [0.29, 0.717) is 11.3 Å². The lowest BCUT2D eigenvalue weighted by Crippen LogP contribution is -2.21. The Morgan fingerprint density at radius 2 is 2.30 bits per heavy atom. The third-order valence-electron chi connectivity index (χ3n) is 2.95. The molecule has 0 aliphatic carbocycles. The first-order valence-electron chi connectivity index (χ1n) is 6.15. The fourth-order valence-corrected chi connectivity index (χ4v) is 2.80. The molecule has 1 aromatic heterocycles. The topological polar surface area (TPSA) is 82.0 Å². The van der Waals surface area contributed by atoms with E-state index in [9.17, 15) is 10.1 Å². The number of hydrogen-bond acceptors (Lipinski definition) is 5. The predicted molar refractivity (Wildman–Crippen MR) is 81.2 cm³/mol. The van der Waals surface area contributed by atoms with Crippen molar-refractivity contribution in [2.24, 2.45) is 5.73 Å². The summed E-state index contributed by atoms with van der Waals surface area (Å²) < 4.78 is 0. The lowest BCUT2D eigenvalue weighted by Gasteiger charge is -2.04. The first-order chi connectivity index (χ1) is 9.51. The van der Waals surface area contributed by atoms with Crippen LogP contribution in [0.4, 0.5) is 5.69 Å². The van der Waals surface area contributed by atoms with Crippen LogP contribution in [0.15, 0.2) is 23.6 Å². The van der Waals surface area contributed by atoms with Gasteiger partial charge >= 0.3 is 0 Å². The number of aromatic nitrogens is 1. The fraction of sp³-hybridized carbons (Fsp3) is 0.308. The number of nitrogens with zero attached hydrogens (tertiary/aromatic N) is 2. The smallest absolute Gasteiger partial charge is 0.288 e. The number of halogens is 1. The Morgan fingerprint density at radius 3 is 2.95 bits per heavy atom. The molecule has 106 valence electrons. The standard InChI is InChI=1S/C13H14ClN3O2S/c1-2-9(15)6-13-16-11(7-20-13)8-3-4-10(14)12(5-8)17(18)19/h3-5,7,9H,2,6,15H2,1H3. The summed E-state index contributed by atoms with van der Waals surface area (Å²) in [6.45, 7) is 2.03. The third-order valence-corrected chi connectivity index (χ3v) is 4.14. The van der Waals surface area contributed by atoms with Gasteiger partial charge in [-0.15, -0.1) is 11.3 Å². The van der Waals surface area contributed by atoms with Gasteiger partial charge in [0.1, 0.15) is 5.02 Å². The minimum absolute atomic E-state index is 0.0913. The van der Waals surface area contributed by atoms with Crippen molar-refractivity contribution in [2.45, 2.75) is 25.8 Å². The van der Waals surface area contributed by atoms with E-state index in [1.165, 1.54) is 23.5 Å². The van der Waals surface area contributed by atoms with E-state index in [2.05, 4.69) is 4.98 Å². The van der Waals surface area contributed by atoms with Crippen molar-refractivity contribution in [3.63, 3.8) is 0 Å². The molecule has 0 saturated heterocycles. The predicted octanol–water partition coefficient (Wildman–Crippen LogP) is 3.65. The highest BCUT2D eigenvalue weighted by Crippen LogP contribution is 2.31. The summed E-state index contributed by atoms with van der Waals surface area (Å²) in [5.41, 5.74) is 7.19. The lowest BCUT2D eigenvalue weighted by molar-refractivity contribution is -0.384. The molecule has 0 spiro atoms. The molecule has 2 rings (SSSR count). The molecule has 20 heavy (non-hydrogen) atoms. The van der Waals surface area contributed by atoms with E-state index < -0.39 is 4.92 Å². The van der Waals surface area contributed by atoms with E-state index in [4.69, 9.17) is 17.3 Å². The second kappa shape index (κ2) is 6.30. The minimum Gasteiger partial charge on any atom is -0.327 e. The van der Waals surface area contributed by atoms with Gasteiger partial charge in [0.2, 0.25) is 0 Å². The van der Waals surface area contributed by atoms with Crippen LogP contribution in [0.25, 0.3) is 11.3 Å². The highest BCUT2D eigenvalue weighted by Gasteiger charge is 2.15. The molecule has 2 N–H and O–H groups in total. The Hall–Kier alpha value is -1.50. The van der Waals surface area contributed by atoms with Crippen LogP contribution in [-0.2, 0) is 6.42 Å². The zero-order valence-electron chi connectivity index (χ0n) is 10.9. The maximum atomic E-state index is 10.9. The molecule has 5 nitrogen and oxygen atoms in total. The molecule has 0 aliphatic rings. The van der Waals surface area contributed by atoms with Crippen LogP contribution >= 0.6 is 22.9 Å². The zero-order valence-corrected chi connectivity index (χ0v) is 12.4. The molecular formula is C13H14ClN3O2S. The van der Waals surface area contributed by atoms with E-state index in [-0.39, 0.29) is 16.8 Å². The van der Waals surface area contributed by atoms with E-state index in [1.54, 1.807) is 6.07 Å². The van der Waals surface area contributed by atoms with Gasteiger partial charge in [0.25, 0.3) is 5.69 Å². The Kier molecular flexibility index (Phi) is 4.69. The molecule has 0 amide bonds. The first-order valence-corrected chi connectivity index (χ1v) is 7.41. The van der Waals surface area contributed by atoms with Crippen LogP contribution in [0.5, 0.6) is 0 Å². The number of thiazole rings is 1. The molecule has 1 heterocycles. The van der Waals surface area contributed by atoms with Crippen molar-refractivity contribution in [1.82, 2.24) is 4.98 Å². The summed E-state index contributed by atoms with van der Waals surface area (Å²) in [7, 11) is 0. The zero-order chi connectivity index (χ0) is 14.7. The average molecular weight is 312 g/mol. The number of nitro groups is 1. The van der Waals surface area contributed by atoms with Gasteiger partial charge in [-0.25, -0.2) is 4.98 Å². The summed E-state index contributed by atoms with van der Waals surface area (Å²) in [5, 5.41) is 13.8. The van der Waals surface area contributed by atoms with Crippen LogP contribution in [0.2, 0.25) is 5.02 Å². The number of benzene rings is 1. The quantitative estimate of drug-likeness (QED) is 0.675. The van der Waals surface area contributed by atoms with Gasteiger partial charge in [0.05, 0.1) is 15.6 Å². The van der Waals surface area contributed by atoms with Gasteiger partial charge in [0.15, 0.2) is 0 Å². The van der Waals surface area contributed by atoms with Gasteiger partial charge in [-0.3, -0.25) is 10.1 Å². The third kappa shape index (κ3) is 3.33. The lowest BCUT2D eigenvalue weighted by atomic mass is 10.1. The van der Waals surface area contributed by atoms with Crippen molar-refractivity contribution in [2.75, 3.05) is 0 Å². The maximum Gasteiger partial charge on any atom is 0.288 e. The normalized spacial score (nSPS) is 12.3. The molecule has 1 aromatic carbocycles. The average Bonchev–Trinajstić information content (AvgIpc) is 2.87. The van der Waals surface area contributed by atoms with E-state index in [0.717, 1.165) is 17.8 Å². The Bertz CT molecular complexity index is 630. The monoisotopic (exact) mass is 311 g/mol. The first kappa shape index (κ1) is 14.9. The van der Waals surface area contributed by atoms with Crippen molar-refractivity contribution < 1.29 is 4.92 Å². The van der Waals surface area contributed by atoms with Crippen LogP contribution < -0.4 is 5.73 Å². The minimum atomic E-state index is -0.494. The Morgan fingerprint density at radius 1 is 1.55 bits per heavy atom. The molecule has 0 radical (unpaired) electrons. The highest BCUT2D eigenvalue weighted by atomic mass is 35.5. The van der Waals surface area contributed by atoms with E-state index in [1.807, 2.05) is 12.3 Å². The van der Waals surface area contributed by atoms with Gasteiger partial charge in [-0.2, -0.15) is 0 Å². The molecule has 2 aromatic rings. The second-order valence-corrected chi connectivity index (χ2v) is 5.77. The Labute approximate surface area is 125 Å². The van der Waals surface area contributed by atoms with Crippen LogP contribution in [-0.4, -0.2) is 15.9 Å². The summed E-state index contributed by atoms with van der Waals surface area (Å²) >= 11 is 7.31. The van der Waals surface area contributed by atoms with Crippen LogP contribution in [0.1, 0.15) is 18.4 Å². The highest BCUT2D eigenvalue weighted by molar-refractivity contribution is 7.09. The van der Waals surface area contributed by atoms with E-state index >= 15 is 0 Å². The molecule has 1 atom stereocenters. The van der Waals surface area contributed by atoms with Gasteiger partial charge in [0, 0.05) is 29.5 Å². The number of hydrogen-bond donors (Lipinski definition) is 1. The van der Waals surface area contributed by atoms with Crippen molar-refractivity contribution in [3.05, 3.63) is 43.7 Å². The fourth-order valence-electron chi connectivity index (χ4n) is 1.72. The SMILES string of the molecule is CCC(N)Cc1nc(-c2ccc(Cl)c([N+](=O)[O-])c2)cs1. The van der Waals surface area contributed by atoms with Gasteiger partial charge in [-0.05, 0) is 12.5 Å².